The van der Waals surface area contributed by atoms with Crippen LogP contribution in [0.1, 0.15) is 16.1 Å². The molecule has 0 unspecified atom stereocenters. The van der Waals surface area contributed by atoms with Gasteiger partial charge in [-0.25, -0.2) is 5.43 Å². The van der Waals surface area contributed by atoms with E-state index in [1.807, 2.05) is 41.8 Å². The van der Waals surface area contributed by atoms with E-state index in [0.29, 0.717) is 0 Å². The molecule has 6 nitrogen and oxygen atoms in total. The van der Waals surface area contributed by atoms with Gasteiger partial charge in [-0.15, -0.1) is 11.3 Å². The third kappa shape index (κ3) is 3.64. The van der Waals surface area contributed by atoms with E-state index in [4.69, 9.17) is 4.74 Å². The van der Waals surface area contributed by atoms with Gasteiger partial charge in [0.2, 0.25) is 0 Å². The first-order valence-electron chi connectivity index (χ1n) is 6.83. The molecule has 116 valence electrons. The van der Waals surface area contributed by atoms with Crippen LogP contribution < -0.4 is 10.2 Å². The Balaban J connectivity index is 1.64. The average Bonchev–Trinajstić information content (AvgIpc) is 3.26. The maximum absolute atomic E-state index is 12.0. The number of methoxy groups -OCH3 is 1. The number of carbonyl (C=O) groups is 1. The molecule has 1 amide bonds. The average molecular weight is 326 g/mol. The summed E-state index contributed by atoms with van der Waals surface area (Å²) in [5.74, 6) is 0.358. The number of aromatic nitrogens is 2. The number of hydrogen-bond donors (Lipinski definition) is 2. The molecule has 0 saturated heterocycles. The number of nitrogens with zero attached hydrogens (tertiary/aromatic N) is 2. The van der Waals surface area contributed by atoms with Crippen molar-refractivity contribution in [2.45, 2.75) is 0 Å². The first-order chi connectivity index (χ1) is 11.3. The van der Waals surface area contributed by atoms with Crippen molar-refractivity contribution < 1.29 is 9.53 Å². The third-order valence-electron chi connectivity index (χ3n) is 3.07. The molecular weight excluding hydrogens is 312 g/mol. The molecule has 2 aromatic heterocycles. The summed E-state index contributed by atoms with van der Waals surface area (Å²) in [5, 5.41) is 12.7. The number of hydrogen-bond acceptors (Lipinski definition) is 5. The summed E-state index contributed by atoms with van der Waals surface area (Å²) in [5.41, 5.74) is 4.37. The highest BCUT2D eigenvalue weighted by molar-refractivity contribution is 7.13. The van der Waals surface area contributed by atoms with Crippen LogP contribution in [-0.4, -0.2) is 29.4 Å². The summed E-state index contributed by atoms with van der Waals surface area (Å²) in [4.78, 5) is 13.0. The minimum atomic E-state index is -0.372. The summed E-state index contributed by atoms with van der Waals surface area (Å²) in [6.07, 6.45) is 1.55. The Morgan fingerprint density at radius 3 is 3.04 bits per heavy atom. The van der Waals surface area contributed by atoms with Crippen LogP contribution in [0.25, 0.3) is 10.6 Å². The van der Waals surface area contributed by atoms with Crippen LogP contribution in [0.5, 0.6) is 5.75 Å². The highest BCUT2D eigenvalue weighted by Gasteiger charge is 2.11. The summed E-state index contributed by atoms with van der Waals surface area (Å²) in [6, 6.07) is 13.0. The highest BCUT2D eigenvalue weighted by atomic mass is 32.1. The van der Waals surface area contributed by atoms with Gasteiger partial charge in [-0.1, -0.05) is 18.2 Å². The molecule has 0 spiro atoms. The Labute approximate surface area is 136 Å². The van der Waals surface area contributed by atoms with E-state index in [-0.39, 0.29) is 11.6 Å². The van der Waals surface area contributed by atoms with Crippen LogP contribution >= 0.6 is 11.3 Å². The lowest BCUT2D eigenvalue weighted by Gasteiger charge is -1.99. The number of thiophene rings is 1. The van der Waals surface area contributed by atoms with Crippen molar-refractivity contribution in [3.05, 3.63) is 59.1 Å². The third-order valence-corrected chi connectivity index (χ3v) is 3.97. The number of rotatable bonds is 5. The minimum Gasteiger partial charge on any atom is -0.497 e. The molecule has 0 aliphatic heterocycles. The van der Waals surface area contributed by atoms with Gasteiger partial charge in [0.15, 0.2) is 5.69 Å². The van der Waals surface area contributed by atoms with Crippen LogP contribution in [0.2, 0.25) is 0 Å². The first kappa shape index (κ1) is 15.0. The Hall–Kier alpha value is -2.93. The van der Waals surface area contributed by atoms with E-state index < -0.39 is 0 Å². The number of ether oxygens (including phenoxy) is 1. The number of carbonyl (C=O) groups excluding carboxylic acids is 1. The molecule has 0 aliphatic carbocycles. The van der Waals surface area contributed by atoms with E-state index in [1.54, 1.807) is 30.7 Å². The van der Waals surface area contributed by atoms with Crippen LogP contribution in [0.4, 0.5) is 0 Å². The predicted octanol–water partition coefficient (Wildman–Crippen LogP) is 2.91. The van der Waals surface area contributed by atoms with E-state index in [1.165, 1.54) is 0 Å². The van der Waals surface area contributed by atoms with E-state index >= 15 is 0 Å². The number of amides is 1. The fourth-order valence-electron chi connectivity index (χ4n) is 1.94. The number of aromatic amines is 1. The van der Waals surface area contributed by atoms with Gasteiger partial charge in [-0.2, -0.15) is 10.2 Å². The van der Waals surface area contributed by atoms with Crippen molar-refractivity contribution in [3.63, 3.8) is 0 Å². The lowest BCUT2D eigenvalue weighted by atomic mass is 10.2. The largest absolute Gasteiger partial charge is 0.497 e. The molecule has 0 fully saturated rings. The van der Waals surface area contributed by atoms with Gasteiger partial charge in [0.05, 0.1) is 23.9 Å². The van der Waals surface area contributed by atoms with Crippen LogP contribution in [-0.2, 0) is 0 Å². The van der Waals surface area contributed by atoms with Crippen molar-refractivity contribution >= 4 is 23.5 Å². The second-order valence-corrected chi connectivity index (χ2v) is 5.57. The summed E-state index contributed by atoms with van der Waals surface area (Å²) in [6.45, 7) is 0. The molecule has 23 heavy (non-hydrogen) atoms. The van der Waals surface area contributed by atoms with Gasteiger partial charge in [-0.3, -0.25) is 9.89 Å². The van der Waals surface area contributed by atoms with Crippen LogP contribution in [0, 0.1) is 0 Å². The lowest BCUT2D eigenvalue weighted by Crippen LogP contribution is -2.17. The zero-order chi connectivity index (χ0) is 16.1. The zero-order valence-electron chi connectivity index (χ0n) is 12.3. The molecule has 7 heteroatoms. The molecule has 3 rings (SSSR count). The summed E-state index contributed by atoms with van der Waals surface area (Å²) < 4.78 is 5.13. The van der Waals surface area contributed by atoms with Gasteiger partial charge in [0.1, 0.15) is 5.75 Å². The molecule has 1 aromatic carbocycles. The molecule has 0 aliphatic rings. The quantitative estimate of drug-likeness (QED) is 0.559. The number of nitrogens with one attached hydrogen (secondary N) is 2. The fourth-order valence-corrected chi connectivity index (χ4v) is 2.63. The smallest absolute Gasteiger partial charge is 0.291 e. The number of H-pyrrole nitrogens is 1. The minimum absolute atomic E-state index is 0.288. The first-order valence-corrected chi connectivity index (χ1v) is 7.71. The zero-order valence-corrected chi connectivity index (χ0v) is 13.1. The molecule has 2 N–H and O–H groups in total. The molecule has 0 saturated carbocycles. The van der Waals surface area contributed by atoms with Crippen molar-refractivity contribution in [3.8, 4) is 16.3 Å². The second-order valence-electron chi connectivity index (χ2n) is 4.62. The molecule has 2 heterocycles. The Morgan fingerprint density at radius 2 is 2.26 bits per heavy atom. The molecule has 3 aromatic rings. The van der Waals surface area contributed by atoms with E-state index in [9.17, 15) is 4.79 Å². The maximum Gasteiger partial charge on any atom is 0.291 e. The number of benzene rings is 1. The van der Waals surface area contributed by atoms with Crippen molar-refractivity contribution in [2.24, 2.45) is 5.10 Å². The second kappa shape index (κ2) is 6.89. The van der Waals surface area contributed by atoms with Crippen LogP contribution in [0.3, 0.4) is 0 Å². The van der Waals surface area contributed by atoms with E-state index in [2.05, 4.69) is 20.7 Å². The molecule has 0 bridgehead atoms. The van der Waals surface area contributed by atoms with Gasteiger partial charge < -0.3 is 4.74 Å². The monoisotopic (exact) mass is 326 g/mol. The fraction of sp³-hybridized carbons (Fsp3) is 0.0625. The molecule has 0 atom stereocenters. The van der Waals surface area contributed by atoms with Crippen LogP contribution in [0.15, 0.2) is 52.9 Å². The molecular formula is C16H14N4O2S. The normalized spacial score (nSPS) is 10.8. The van der Waals surface area contributed by atoms with Gasteiger partial charge in [-0.05, 0) is 35.2 Å². The number of hydrazone groups is 1. The van der Waals surface area contributed by atoms with Crippen molar-refractivity contribution in [1.82, 2.24) is 15.6 Å². The summed E-state index contributed by atoms with van der Waals surface area (Å²) >= 11 is 1.58. The summed E-state index contributed by atoms with van der Waals surface area (Å²) in [7, 11) is 1.60. The predicted molar refractivity (Wildman–Crippen MR) is 90.0 cm³/mol. The maximum atomic E-state index is 12.0. The Morgan fingerprint density at radius 1 is 1.35 bits per heavy atom. The lowest BCUT2D eigenvalue weighted by molar-refractivity contribution is 0.0950. The van der Waals surface area contributed by atoms with Crippen molar-refractivity contribution in [1.29, 1.82) is 0 Å². The highest BCUT2D eigenvalue weighted by Crippen LogP contribution is 2.22. The van der Waals surface area contributed by atoms with Gasteiger partial charge >= 0.3 is 0 Å². The van der Waals surface area contributed by atoms with E-state index in [0.717, 1.165) is 21.9 Å². The van der Waals surface area contributed by atoms with Crippen molar-refractivity contribution in [2.75, 3.05) is 7.11 Å². The topological polar surface area (TPSA) is 79.4 Å². The van der Waals surface area contributed by atoms with Gasteiger partial charge in [0, 0.05) is 0 Å². The molecule has 0 radical (unpaired) electrons. The SMILES string of the molecule is COc1cccc(/C=N/NC(=O)c2cc(-c3cccs3)[nH]n2)c1. The Kier molecular flexibility index (Phi) is 4.49. The standard InChI is InChI=1S/C16H14N4O2S/c1-22-12-5-2-4-11(8-12)10-17-20-16(21)14-9-13(18-19-14)15-6-3-7-23-15/h2-10H,1H3,(H,18,19)(H,20,21)/b17-10+. The Bertz CT molecular complexity index is 824. The van der Waals surface area contributed by atoms with Gasteiger partial charge in [0.25, 0.3) is 5.91 Å².